The highest BCUT2D eigenvalue weighted by atomic mass is 19.1. The maximum atomic E-state index is 13.6. The van der Waals surface area contributed by atoms with E-state index in [-0.39, 0.29) is 23.6 Å². The molecule has 1 aromatic carbocycles. The van der Waals surface area contributed by atoms with E-state index in [1.165, 1.54) is 19.1 Å². The van der Waals surface area contributed by atoms with Crippen molar-refractivity contribution >= 4 is 23.3 Å². The third-order valence-corrected chi connectivity index (χ3v) is 2.24. The minimum Gasteiger partial charge on any atom is -0.457 e. The van der Waals surface area contributed by atoms with Crippen molar-refractivity contribution < 1.29 is 23.5 Å². The summed E-state index contributed by atoms with van der Waals surface area (Å²) >= 11 is 0. The number of nitrogens with one attached hydrogen (secondary N) is 1. The Morgan fingerprint density at radius 2 is 2.00 bits per heavy atom. The van der Waals surface area contributed by atoms with Crippen molar-refractivity contribution in [2.75, 3.05) is 11.9 Å². The molecular formula is C13H14FNO4. The van der Waals surface area contributed by atoms with E-state index in [2.05, 4.69) is 10.1 Å². The van der Waals surface area contributed by atoms with E-state index in [9.17, 15) is 18.8 Å². The maximum Gasteiger partial charge on any atom is 0.305 e. The number of esters is 1. The molecule has 0 spiro atoms. The quantitative estimate of drug-likeness (QED) is 0.653. The van der Waals surface area contributed by atoms with Gasteiger partial charge in [0.2, 0.25) is 11.7 Å². The van der Waals surface area contributed by atoms with Gasteiger partial charge in [0, 0.05) is 19.0 Å². The molecular weight excluding hydrogens is 253 g/mol. The van der Waals surface area contributed by atoms with Crippen LogP contribution in [0.15, 0.2) is 18.2 Å². The van der Waals surface area contributed by atoms with Gasteiger partial charge >= 0.3 is 5.97 Å². The number of amides is 1. The zero-order chi connectivity index (χ0) is 14.4. The Morgan fingerprint density at radius 3 is 2.53 bits per heavy atom. The first kappa shape index (κ1) is 14.8. The highest BCUT2D eigenvalue weighted by Crippen LogP contribution is 2.15. The van der Waals surface area contributed by atoms with Crippen LogP contribution in [0.1, 0.15) is 30.6 Å². The molecule has 5 nitrogen and oxygen atoms in total. The zero-order valence-corrected chi connectivity index (χ0v) is 10.7. The minimum absolute atomic E-state index is 0.150. The van der Waals surface area contributed by atoms with Crippen LogP contribution < -0.4 is 5.32 Å². The number of ketones is 1. The van der Waals surface area contributed by atoms with Crippen LogP contribution in [-0.4, -0.2) is 24.3 Å². The molecule has 0 atom stereocenters. The third-order valence-electron chi connectivity index (χ3n) is 2.24. The summed E-state index contributed by atoms with van der Waals surface area (Å²) in [5, 5.41) is 2.40. The number of hydrogen-bond donors (Lipinski definition) is 1. The summed E-state index contributed by atoms with van der Waals surface area (Å²) < 4.78 is 18.3. The van der Waals surface area contributed by atoms with Crippen molar-refractivity contribution in [2.45, 2.75) is 20.3 Å². The topological polar surface area (TPSA) is 72.5 Å². The number of rotatable bonds is 5. The fourth-order valence-electron chi connectivity index (χ4n) is 1.35. The largest absolute Gasteiger partial charge is 0.457 e. The van der Waals surface area contributed by atoms with Crippen LogP contribution in [0.4, 0.5) is 10.1 Å². The summed E-state index contributed by atoms with van der Waals surface area (Å²) in [5.74, 6) is -2.27. The Morgan fingerprint density at radius 1 is 1.32 bits per heavy atom. The van der Waals surface area contributed by atoms with E-state index < -0.39 is 24.2 Å². The SMILES string of the molecule is CCC(=O)OCC(=O)c1ccc(NC(C)=O)cc1F. The second-order valence-corrected chi connectivity index (χ2v) is 3.81. The van der Waals surface area contributed by atoms with Crippen molar-refractivity contribution in [2.24, 2.45) is 0 Å². The summed E-state index contributed by atoms with van der Waals surface area (Å²) in [4.78, 5) is 33.3. The number of hydrogen-bond acceptors (Lipinski definition) is 4. The maximum absolute atomic E-state index is 13.6. The van der Waals surface area contributed by atoms with Crippen LogP contribution in [0.25, 0.3) is 0 Å². The Kier molecular flexibility index (Phi) is 5.17. The Bertz CT molecular complexity index is 513. The number of carbonyl (C=O) groups is 3. The molecule has 0 aliphatic rings. The molecule has 19 heavy (non-hydrogen) atoms. The molecule has 6 heteroatoms. The molecule has 1 rings (SSSR count). The van der Waals surface area contributed by atoms with Gasteiger partial charge in [-0.15, -0.1) is 0 Å². The molecule has 0 saturated carbocycles. The van der Waals surface area contributed by atoms with Crippen LogP contribution >= 0.6 is 0 Å². The monoisotopic (exact) mass is 267 g/mol. The summed E-state index contributed by atoms with van der Waals surface area (Å²) in [6.07, 6.45) is 0.150. The van der Waals surface area contributed by atoms with E-state index in [0.29, 0.717) is 0 Å². The van der Waals surface area contributed by atoms with Crippen LogP contribution in [0, 0.1) is 5.82 Å². The molecule has 0 fully saturated rings. The average Bonchev–Trinajstić information content (AvgIpc) is 2.34. The average molecular weight is 267 g/mol. The van der Waals surface area contributed by atoms with E-state index in [1.54, 1.807) is 6.92 Å². The van der Waals surface area contributed by atoms with Gasteiger partial charge in [-0.1, -0.05) is 6.92 Å². The van der Waals surface area contributed by atoms with Crippen LogP contribution in [0.5, 0.6) is 0 Å². The summed E-state index contributed by atoms with van der Waals surface area (Å²) in [6.45, 7) is 2.39. The van der Waals surface area contributed by atoms with Crippen LogP contribution in [-0.2, 0) is 14.3 Å². The number of benzene rings is 1. The Labute approximate surface area is 109 Å². The van der Waals surface area contributed by atoms with Gasteiger partial charge < -0.3 is 10.1 Å². The standard InChI is InChI=1S/C13H14FNO4/c1-3-13(18)19-7-12(17)10-5-4-9(6-11(10)14)15-8(2)16/h4-6H,3,7H2,1-2H3,(H,15,16). The fraction of sp³-hybridized carbons (Fsp3) is 0.308. The van der Waals surface area contributed by atoms with Crippen molar-refractivity contribution in [3.05, 3.63) is 29.6 Å². The second kappa shape index (κ2) is 6.63. The van der Waals surface area contributed by atoms with Crippen molar-refractivity contribution in [3.63, 3.8) is 0 Å². The van der Waals surface area contributed by atoms with Crippen molar-refractivity contribution in [1.29, 1.82) is 0 Å². The summed E-state index contributed by atoms with van der Waals surface area (Å²) in [7, 11) is 0. The van der Waals surface area contributed by atoms with Gasteiger partial charge in [-0.3, -0.25) is 14.4 Å². The molecule has 0 saturated heterocycles. The number of halogens is 1. The lowest BCUT2D eigenvalue weighted by atomic mass is 10.1. The first-order valence-electron chi connectivity index (χ1n) is 5.70. The van der Waals surface area contributed by atoms with Crippen molar-refractivity contribution in [3.8, 4) is 0 Å². The van der Waals surface area contributed by atoms with Gasteiger partial charge in [-0.05, 0) is 18.2 Å². The molecule has 0 radical (unpaired) electrons. The van der Waals surface area contributed by atoms with Crippen LogP contribution in [0.3, 0.4) is 0 Å². The molecule has 1 N–H and O–H groups in total. The molecule has 1 aromatic rings. The van der Waals surface area contributed by atoms with Gasteiger partial charge in [0.05, 0.1) is 5.56 Å². The predicted octanol–water partition coefficient (Wildman–Crippen LogP) is 1.92. The molecule has 0 aliphatic heterocycles. The third kappa shape index (κ3) is 4.50. The molecule has 102 valence electrons. The normalized spacial score (nSPS) is 9.84. The van der Waals surface area contributed by atoms with Crippen molar-refractivity contribution in [1.82, 2.24) is 0 Å². The minimum atomic E-state index is -0.774. The van der Waals surface area contributed by atoms with E-state index in [0.717, 1.165) is 6.07 Å². The number of carbonyl (C=O) groups excluding carboxylic acids is 3. The van der Waals surface area contributed by atoms with E-state index in [4.69, 9.17) is 0 Å². The van der Waals surface area contributed by atoms with Gasteiger partial charge in [0.15, 0.2) is 6.61 Å². The molecule has 0 aliphatic carbocycles. The predicted molar refractivity (Wildman–Crippen MR) is 66.3 cm³/mol. The number of anilines is 1. The smallest absolute Gasteiger partial charge is 0.305 e. The molecule has 0 heterocycles. The highest BCUT2D eigenvalue weighted by molar-refractivity contribution is 5.99. The van der Waals surface area contributed by atoms with E-state index >= 15 is 0 Å². The van der Waals surface area contributed by atoms with Gasteiger partial charge in [-0.25, -0.2) is 4.39 Å². The number of ether oxygens (including phenoxy) is 1. The Balaban J connectivity index is 2.75. The second-order valence-electron chi connectivity index (χ2n) is 3.81. The fourth-order valence-corrected chi connectivity index (χ4v) is 1.35. The van der Waals surface area contributed by atoms with Gasteiger partial charge in [0.25, 0.3) is 0 Å². The molecule has 0 aromatic heterocycles. The Hall–Kier alpha value is -2.24. The van der Waals surface area contributed by atoms with Gasteiger partial charge in [-0.2, -0.15) is 0 Å². The molecule has 0 bridgehead atoms. The summed E-state index contributed by atoms with van der Waals surface area (Å²) in [5.41, 5.74) is 0.0742. The summed E-state index contributed by atoms with van der Waals surface area (Å²) in [6, 6.07) is 3.68. The lowest BCUT2D eigenvalue weighted by Crippen LogP contribution is -2.15. The van der Waals surface area contributed by atoms with Gasteiger partial charge in [0.1, 0.15) is 5.82 Å². The van der Waals surface area contributed by atoms with E-state index in [1.807, 2.05) is 0 Å². The van der Waals surface area contributed by atoms with Crippen LogP contribution in [0.2, 0.25) is 0 Å². The number of Topliss-reactive ketones (excluding diaryl/α,β-unsaturated/α-hetero) is 1. The molecule has 1 amide bonds. The lowest BCUT2D eigenvalue weighted by molar-refractivity contribution is -0.142. The molecule has 0 unspecified atom stereocenters. The first-order chi connectivity index (χ1) is 8.93. The highest BCUT2D eigenvalue weighted by Gasteiger charge is 2.14. The first-order valence-corrected chi connectivity index (χ1v) is 5.70. The lowest BCUT2D eigenvalue weighted by Gasteiger charge is -2.06. The zero-order valence-electron chi connectivity index (χ0n) is 10.7.